The number of allylic oxidation sites excluding steroid dienone is 2. The highest BCUT2D eigenvalue weighted by molar-refractivity contribution is 5.07. The Bertz CT molecular complexity index is 114. The van der Waals surface area contributed by atoms with Gasteiger partial charge in [0.05, 0.1) is 0 Å². The summed E-state index contributed by atoms with van der Waals surface area (Å²) in [5.41, 5.74) is 1.72. The summed E-state index contributed by atoms with van der Waals surface area (Å²) in [5.74, 6) is 0.813. The summed E-state index contributed by atoms with van der Waals surface area (Å²) in [4.78, 5) is 0. The first-order chi connectivity index (χ1) is 4.83. The van der Waals surface area contributed by atoms with E-state index in [0.29, 0.717) is 0 Å². The normalized spacial score (nSPS) is 21.2. The van der Waals surface area contributed by atoms with Gasteiger partial charge in [-0.1, -0.05) is 31.9 Å². The summed E-state index contributed by atoms with van der Waals surface area (Å²) < 4.78 is 0. The van der Waals surface area contributed by atoms with Gasteiger partial charge >= 0.3 is 0 Å². The number of hydrogen-bond donors (Lipinski definition) is 0. The van der Waals surface area contributed by atoms with Crippen molar-refractivity contribution in [3.05, 3.63) is 11.6 Å². The fourth-order valence-corrected chi connectivity index (χ4v) is 1.52. The molecule has 0 aliphatic heterocycles. The third kappa shape index (κ3) is 2.17. The van der Waals surface area contributed by atoms with E-state index in [4.69, 9.17) is 0 Å². The van der Waals surface area contributed by atoms with Crippen LogP contribution in [-0.2, 0) is 0 Å². The molecule has 0 saturated heterocycles. The zero-order chi connectivity index (χ0) is 7.40. The highest BCUT2D eigenvalue weighted by Crippen LogP contribution is 2.25. The van der Waals surface area contributed by atoms with E-state index in [1.165, 1.54) is 32.1 Å². The molecule has 1 aliphatic rings. The van der Waals surface area contributed by atoms with Crippen LogP contribution in [-0.4, -0.2) is 0 Å². The zero-order valence-electron chi connectivity index (χ0n) is 7.19. The summed E-state index contributed by atoms with van der Waals surface area (Å²) in [6.45, 7) is 4.57. The zero-order valence-corrected chi connectivity index (χ0v) is 7.19. The maximum absolute atomic E-state index is 2.48. The van der Waals surface area contributed by atoms with Crippen LogP contribution < -0.4 is 0 Å². The number of hydrogen-bond acceptors (Lipinski definition) is 0. The Kier molecular flexibility index (Phi) is 2.98. The van der Waals surface area contributed by atoms with E-state index in [0.717, 1.165) is 5.92 Å². The Morgan fingerprint density at radius 1 is 1.40 bits per heavy atom. The van der Waals surface area contributed by atoms with E-state index < -0.39 is 0 Å². The van der Waals surface area contributed by atoms with Crippen molar-refractivity contribution in [3.63, 3.8) is 0 Å². The molecule has 0 heteroatoms. The lowest BCUT2D eigenvalue weighted by atomic mass is 10.0. The van der Waals surface area contributed by atoms with Gasteiger partial charge in [-0.15, -0.1) is 0 Å². The molecule has 0 aromatic carbocycles. The molecule has 1 atom stereocenters. The van der Waals surface area contributed by atoms with Crippen LogP contribution in [0.2, 0.25) is 0 Å². The second-order valence-corrected chi connectivity index (χ2v) is 3.42. The van der Waals surface area contributed by atoms with Crippen molar-refractivity contribution in [3.8, 4) is 0 Å². The van der Waals surface area contributed by atoms with Gasteiger partial charge in [0.1, 0.15) is 0 Å². The summed E-state index contributed by atoms with van der Waals surface area (Å²) in [5, 5.41) is 0. The van der Waals surface area contributed by atoms with Crippen molar-refractivity contribution >= 4 is 0 Å². The standard InChI is InChI=1S/C10H18/c1-3-9(2)8-10-6-4-5-7-10/h8-9H,3-7H2,1-2H3. The molecule has 0 radical (unpaired) electrons. The minimum Gasteiger partial charge on any atom is -0.0825 e. The fraction of sp³-hybridized carbons (Fsp3) is 0.800. The summed E-state index contributed by atoms with van der Waals surface area (Å²) in [7, 11) is 0. The van der Waals surface area contributed by atoms with E-state index >= 15 is 0 Å². The van der Waals surface area contributed by atoms with Crippen LogP contribution in [0.1, 0.15) is 46.0 Å². The molecule has 1 fully saturated rings. The van der Waals surface area contributed by atoms with E-state index in [9.17, 15) is 0 Å². The van der Waals surface area contributed by atoms with Gasteiger partial charge < -0.3 is 0 Å². The molecule has 0 spiro atoms. The van der Waals surface area contributed by atoms with Crippen LogP contribution >= 0.6 is 0 Å². The Balaban J connectivity index is 2.37. The summed E-state index contributed by atoms with van der Waals surface area (Å²) in [6.07, 6.45) is 9.40. The Morgan fingerprint density at radius 3 is 2.50 bits per heavy atom. The predicted molar refractivity (Wildman–Crippen MR) is 46.0 cm³/mol. The molecule has 1 saturated carbocycles. The van der Waals surface area contributed by atoms with Crippen LogP contribution in [0.15, 0.2) is 11.6 Å². The Morgan fingerprint density at radius 2 is 2.00 bits per heavy atom. The first-order valence-corrected chi connectivity index (χ1v) is 4.52. The van der Waals surface area contributed by atoms with Crippen molar-refractivity contribution in [1.82, 2.24) is 0 Å². The molecule has 10 heavy (non-hydrogen) atoms. The average molecular weight is 138 g/mol. The molecular weight excluding hydrogens is 120 g/mol. The molecule has 0 bridgehead atoms. The molecule has 1 unspecified atom stereocenters. The van der Waals surface area contributed by atoms with Crippen molar-refractivity contribution in [2.24, 2.45) is 5.92 Å². The number of rotatable bonds is 2. The highest BCUT2D eigenvalue weighted by atomic mass is 14.1. The topological polar surface area (TPSA) is 0 Å². The summed E-state index contributed by atoms with van der Waals surface area (Å²) in [6, 6.07) is 0. The van der Waals surface area contributed by atoms with Gasteiger partial charge in [-0.3, -0.25) is 0 Å². The van der Waals surface area contributed by atoms with Crippen molar-refractivity contribution < 1.29 is 0 Å². The van der Waals surface area contributed by atoms with Gasteiger partial charge in [0, 0.05) is 0 Å². The van der Waals surface area contributed by atoms with E-state index in [-0.39, 0.29) is 0 Å². The Hall–Kier alpha value is -0.260. The molecule has 1 aliphatic carbocycles. The average Bonchev–Trinajstić information content (AvgIpc) is 2.40. The van der Waals surface area contributed by atoms with Gasteiger partial charge in [0.2, 0.25) is 0 Å². The van der Waals surface area contributed by atoms with E-state index in [1.54, 1.807) is 5.57 Å². The molecule has 0 aromatic heterocycles. The van der Waals surface area contributed by atoms with Gasteiger partial charge in [0.25, 0.3) is 0 Å². The van der Waals surface area contributed by atoms with Crippen LogP contribution in [0, 0.1) is 5.92 Å². The lowest BCUT2D eigenvalue weighted by Gasteiger charge is -2.02. The van der Waals surface area contributed by atoms with Gasteiger partial charge in [-0.2, -0.15) is 0 Å². The fourth-order valence-electron chi connectivity index (χ4n) is 1.52. The SMILES string of the molecule is CCC(C)C=C1CCCC1. The van der Waals surface area contributed by atoms with Crippen LogP contribution in [0.3, 0.4) is 0 Å². The second-order valence-electron chi connectivity index (χ2n) is 3.42. The van der Waals surface area contributed by atoms with Gasteiger partial charge in [-0.05, 0) is 31.6 Å². The molecule has 0 N–H and O–H groups in total. The first-order valence-electron chi connectivity index (χ1n) is 4.52. The van der Waals surface area contributed by atoms with E-state index in [2.05, 4.69) is 19.9 Å². The van der Waals surface area contributed by atoms with Crippen LogP contribution in [0.4, 0.5) is 0 Å². The predicted octanol–water partition coefficient (Wildman–Crippen LogP) is 3.53. The smallest absolute Gasteiger partial charge is 0.0262 e. The highest BCUT2D eigenvalue weighted by Gasteiger charge is 2.06. The molecule has 58 valence electrons. The van der Waals surface area contributed by atoms with E-state index in [1.807, 2.05) is 0 Å². The summed E-state index contributed by atoms with van der Waals surface area (Å²) >= 11 is 0. The quantitative estimate of drug-likeness (QED) is 0.512. The second kappa shape index (κ2) is 3.80. The minimum atomic E-state index is 0.813. The van der Waals surface area contributed by atoms with Crippen molar-refractivity contribution in [2.45, 2.75) is 46.0 Å². The minimum absolute atomic E-state index is 0.813. The van der Waals surface area contributed by atoms with Crippen molar-refractivity contribution in [1.29, 1.82) is 0 Å². The van der Waals surface area contributed by atoms with Crippen LogP contribution in [0.25, 0.3) is 0 Å². The van der Waals surface area contributed by atoms with Gasteiger partial charge in [-0.25, -0.2) is 0 Å². The molecule has 0 heterocycles. The van der Waals surface area contributed by atoms with Crippen molar-refractivity contribution in [2.75, 3.05) is 0 Å². The van der Waals surface area contributed by atoms with Gasteiger partial charge in [0.15, 0.2) is 0 Å². The van der Waals surface area contributed by atoms with Crippen LogP contribution in [0.5, 0.6) is 0 Å². The Labute approximate surface area is 64.3 Å². The molecular formula is C10H18. The molecule has 0 nitrogen and oxygen atoms in total. The molecule has 0 aromatic rings. The largest absolute Gasteiger partial charge is 0.0825 e. The molecule has 0 amide bonds. The maximum Gasteiger partial charge on any atom is -0.0262 e. The molecule has 1 rings (SSSR count). The lowest BCUT2D eigenvalue weighted by Crippen LogP contribution is -1.86. The maximum atomic E-state index is 2.48. The third-order valence-corrected chi connectivity index (χ3v) is 2.41. The lowest BCUT2D eigenvalue weighted by molar-refractivity contribution is 0.689. The third-order valence-electron chi connectivity index (χ3n) is 2.41. The monoisotopic (exact) mass is 138 g/mol. The first kappa shape index (κ1) is 7.84.